The first-order valence-corrected chi connectivity index (χ1v) is 8.75. The summed E-state index contributed by atoms with van der Waals surface area (Å²) in [5.74, 6) is -1.93. The van der Waals surface area contributed by atoms with E-state index in [-0.39, 0.29) is 29.3 Å². The Morgan fingerprint density at radius 2 is 1.66 bits per heavy atom. The number of esters is 1. The first-order valence-electron chi connectivity index (χ1n) is 8.75. The van der Waals surface area contributed by atoms with E-state index in [1.165, 1.54) is 33.5 Å². The maximum atomic E-state index is 12.3. The normalized spacial score (nSPS) is 10.2. The Labute approximate surface area is 168 Å². The molecular weight excluding hydrogens is 380 g/mol. The van der Waals surface area contributed by atoms with Crippen LogP contribution in [0, 0.1) is 13.8 Å². The number of hydrogen-bond donors (Lipinski definition) is 2. The second kappa shape index (κ2) is 9.58. The number of anilines is 1. The lowest BCUT2D eigenvalue weighted by atomic mass is 10.1. The Balaban J connectivity index is 2.08. The van der Waals surface area contributed by atoms with Gasteiger partial charge in [-0.3, -0.25) is 14.3 Å². The molecule has 0 fully saturated rings. The van der Waals surface area contributed by atoms with Crippen LogP contribution in [-0.2, 0) is 20.9 Å². The van der Waals surface area contributed by atoms with Crippen LogP contribution in [0.25, 0.3) is 0 Å². The van der Waals surface area contributed by atoms with E-state index >= 15 is 0 Å². The van der Waals surface area contributed by atoms with Crippen molar-refractivity contribution in [1.29, 1.82) is 0 Å². The molecule has 0 radical (unpaired) electrons. The number of carbonyl (C=O) groups is 3. The van der Waals surface area contributed by atoms with Gasteiger partial charge in [0.05, 0.1) is 44.8 Å². The predicted molar refractivity (Wildman–Crippen MR) is 104 cm³/mol. The van der Waals surface area contributed by atoms with Gasteiger partial charge in [0.15, 0.2) is 11.5 Å². The van der Waals surface area contributed by atoms with Gasteiger partial charge in [-0.1, -0.05) is 0 Å². The molecular formula is C19H24N4O6. The summed E-state index contributed by atoms with van der Waals surface area (Å²) < 4.78 is 16.8. The average molecular weight is 404 g/mol. The van der Waals surface area contributed by atoms with Crippen LogP contribution >= 0.6 is 0 Å². The first kappa shape index (κ1) is 21.7. The lowest BCUT2D eigenvalue weighted by Gasteiger charge is -2.14. The molecule has 0 atom stereocenters. The summed E-state index contributed by atoms with van der Waals surface area (Å²) in [5, 5.41) is 9.21. The molecule has 0 aliphatic rings. The highest BCUT2D eigenvalue weighted by atomic mass is 16.5. The van der Waals surface area contributed by atoms with Gasteiger partial charge in [0.1, 0.15) is 0 Å². The third-order valence-electron chi connectivity index (χ3n) is 4.10. The minimum Gasteiger partial charge on any atom is -0.493 e. The van der Waals surface area contributed by atoms with Crippen molar-refractivity contribution in [3.8, 4) is 11.5 Å². The fourth-order valence-corrected chi connectivity index (χ4v) is 2.70. The lowest BCUT2D eigenvalue weighted by molar-refractivity contribution is -0.136. The molecule has 2 aromatic rings. The predicted octanol–water partition coefficient (Wildman–Crippen LogP) is 1.06. The van der Waals surface area contributed by atoms with Gasteiger partial charge in [-0.25, -0.2) is 4.79 Å². The van der Waals surface area contributed by atoms with Crippen molar-refractivity contribution in [2.24, 2.45) is 0 Å². The van der Waals surface area contributed by atoms with Crippen LogP contribution in [0.4, 0.5) is 5.69 Å². The van der Waals surface area contributed by atoms with Crippen LogP contribution in [0.1, 0.15) is 21.7 Å². The summed E-state index contributed by atoms with van der Waals surface area (Å²) in [7, 11) is 4.02. The number of amides is 2. The van der Waals surface area contributed by atoms with E-state index in [1.807, 2.05) is 19.9 Å². The summed E-state index contributed by atoms with van der Waals surface area (Å²) in [6.07, 6.45) is 0. The molecule has 0 saturated heterocycles. The Kier molecular flexibility index (Phi) is 7.18. The number of aryl methyl sites for hydroxylation is 2. The molecule has 1 heterocycles. The standard InChI is InChI=1S/C19H24N4O6/c1-11-8-12(2)23(22-11)7-6-20-17(24)18(25)21-14-10-16(28-4)15(27-3)9-13(14)19(26)29-5/h8-10H,6-7H2,1-5H3,(H,20,24)(H,21,25). The van der Waals surface area contributed by atoms with Crippen LogP contribution in [0.5, 0.6) is 11.5 Å². The summed E-state index contributed by atoms with van der Waals surface area (Å²) in [4.78, 5) is 36.4. The molecule has 2 N–H and O–H groups in total. The van der Waals surface area contributed by atoms with E-state index in [9.17, 15) is 14.4 Å². The fourth-order valence-electron chi connectivity index (χ4n) is 2.70. The smallest absolute Gasteiger partial charge is 0.340 e. The molecule has 2 amide bonds. The van der Waals surface area contributed by atoms with E-state index in [0.717, 1.165) is 11.4 Å². The number of nitrogens with one attached hydrogen (secondary N) is 2. The molecule has 0 aliphatic heterocycles. The Morgan fingerprint density at radius 3 is 2.21 bits per heavy atom. The number of carbonyl (C=O) groups excluding carboxylic acids is 3. The van der Waals surface area contributed by atoms with Gasteiger partial charge in [0.2, 0.25) is 0 Å². The van der Waals surface area contributed by atoms with Crippen LogP contribution in [-0.4, -0.2) is 55.4 Å². The SMILES string of the molecule is COC(=O)c1cc(OC)c(OC)cc1NC(=O)C(=O)NCCn1nc(C)cc1C. The van der Waals surface area contributed by atoms with Crippen molar-refractivity contribution in [3.63, 3.8) is 0 Å². The van der Waals surface area contributed by atoms with Crippen molar-refractivity contribution < 1.29 is 28.6 Å². The summed E-state index contributed by atoms with van der Waals surface area (Å²) in [6, 6.07) is 4.66. The van der Waals surface area contributed by atoms with Crippen molar-refractivity contribution in [2.45, 2.75) is 20.4 Å². The number of nitrogens with zero attached hydrogens (tertiary/aromatic N) is 2. The molecule has 1 aromatic heterocycles. The monoisotopic (exact) mass is 404 g/mol. The lowest BCUT2D eigenvalue weighted by Crippen LogP contribution is -2.37. The fraction of sp³-hybridized carbons (Fsp3) is 0.368. The second-order valence-corrected chi connectivity index (χ2v) is 6.10. The van der Waals surface area contributed by atoms with Crippen LogP contribution in [0.3, 0.4) is 0 Å². The number of hydrogen-bond acceptors (Lipinski definition) is 7. The van der Waals surface area contributed by atoms with Gasteiger partial charge in [0.25, 0.3) is 0 Å². The summed E-state index contributed by atoms with van der Waals surface area (Å²) in [6.45, 7) is 4.41. The third-order valence-corrected chi connectivity index (χ3v) is 4.10. The largest absolute Gasteiger partial charge is 0.493 e. The number of benzene rings is 1. The number of methoxy groups -OCH3 is 3. The van der Waals surface area contributed by atoms with E-state index in [0.29, 0.717) is 6.54 Å². The molecule has 0 saturated carbocycles. The van der Waals surface area contributed by atoms with E-state index in [2.05, 4.69) is 15.7 Å². The summed E-state index contributed by atoms with van der Waals surface area (Å²) >= 11 is 0. The zero-order valence-electron chi connectivity index (χ0n) is 17.0. The molecule has 0 aliphatic carbocycles. The Morgan fingerprint density at radius 1 is 1.00 bits per heavy atom. The third kappa shape index (κ3) is 5.24. The quantitative estimate of drug-likeness (QED) is 0.523. The molecule has 29 heavy (non-hydrogen) atoms. The molecule has 10 heteroatoms. The van der Waals surface area contributed by atoms with Gasteiger partial charge in [-0.2, -0.15) is 5.10 Å². The highest BCUT2D eigenvalue weighted by molar-refractivity contribution is 6.40. The van der Waals surface area contributed by atoms with Gasteiger partial charge >= 0.3 is 17.8 Å². The van der Waals surface area contributed by atoms with E-state index < -0.39 is 17.8 Å². The van der Waals surface area contributed by atoms with E-state index in [4.69, 9.17) is 14.2 Å². The highest BCUT2D eigenvalue weighted by Crippen LogP contribution is 2.33. The van der Waals surface area contributed by atoms with Crippen LogP contribution < -0.4 is 20.1 Å². The van der Waals surface area contributed by atoms with Crippen LogP contribution in [0.2, 0.25) is 0 Å². The number of aromatic nitrogens is 2. The average Bonchev–Trinajstić information content (AvgIpc) is 3.03. The maximum absolute atomic E-state index is 12.3. The molecule has 2 rings (SSSR count). The first-order chi connectivity index (χ1) is 13.8. The van der Waals surface area contributed by atoms with Gasteiger partial charge < -0.3 is 24.8 Å². The van der Waals surface area contributed by atoms with Crippen molar-refractivity contribution >= 4 is 23.5 Å². The second-order valence-electron chi connectivity index (χ2n) is 6.10. The van der Waals surface area contributed by atoms with Crippen molar-refractivity contribution in [2.75, 3.05) is 33.2 Å². The topological polar surface area (TPSA) is 121 Å². The maximum Gasteiger partial charge on any atom is 0.340 e. The molecule has 156 valence electrons. The molecule has 0 spiro atoms. The van der Waals surface area contributed by atoms with E-state index in [1.54, 1.807) is 4.68 Å². The van der Waals surface area contributed by atoms with Crippen LogP contribution in [0.15, 0.2) is 18.2 Å². The summed E-state index contributed by atoms with van der Waals surface area (Å²) in [5.41, 5.74) is 1.91. The minimum atomic E-state index is -0.934. The number of ether oxygens (including phenoxy) is 3. The molecule has 10 nitrogen and oxygen atoms in total. The molecule has 0 bridgehead atoms. The Bertz CT molecular complexity index is 922. The van der Waals surface area contributed by atoms with Gasteiger partial charge in [0, 0.05) is 24.4 Å². The highest BCUT2D eigenvalue weighted by Gasteiger charge is 2.21. The zero-order chi connectivity index (χ0) is 21.6. The van der Waals surface area contributed by atoms with Gasteiger partial charge in [-0.15, -0.1) is 0 Å². The minimum absolute atomic E-state index is 0.0222. The number of rotatable bonds is 7. The van der Waals surface area contributed by atoms with Crippen molar-refractivity contribution in [1.82, 2.24) is 15.1 Å². The van der Waals surface area contributed by atoms with Gasteiger partial charge in [-0.05, 0) is 19.9 Å². The van der Waals surface area contributed by atoms with Crippen molar-refractivity contribution in [3.05, 3.63) is 35.2 Å². The Hall–Kier alpha value is -3.56. The zero-order valence-corrected chi connectivity index (χ0v) is 17.0. The molecule has 0 unspecified atom stereocenters. The molecule has 1 aromatic carbocycles.